The number of carbonyl (C=O) groups is 3. The van der Waals surface area contributed by atoms with E-state index < -0.39 is 5.41 Å². The number of likely N-dealkylation sites (N-methyl/N-ethyl adjacent to an activating group) is 1. The molecule has 5 aliphatic rings. The summed E-state index contributed by atoms with van der Waals surface area (Å²) in [6.45, 7) is 3.84. The smallest absolute Gasteiger partial charge is 0.264 e. The zero-order valence-corrected chi connectivity index (χ0v) is 21.5. The highest BCUT2D eigenvalue weighted by Crippen LogP contribution is 2.64. The summed E-state index contributed by atoms with van der Waals surface area (Å²) in [5.74, 6) is 0.674. The molecule has 1 spiro atoms. The monoisotopic (exact) mass is 512 g/mol. The first kappa shape index (κ1) is 23.2. The van der Waals surface area contributed by atoms with Crippen LogP contribution in [0.1, 0.15) is 35.7 Å². The first-order valence-electron chi connectivity index (χ1n) is 13.2. The van der Waals surface area contributed by atoms with E-state index in [4.69, 9.17) is 4.74 Å². The van der Waals surface area contributed by atoms with Crippen LogP contribution in [-0.2, 0) is 15.0 Å². The SMILES string of the molecule is C/C=C1/C[N@+]2(CC(=O)c3ccc4c(c3)N(C)C(=O)CO4)CC[C@]34C(=C(C=O)[C@H]1C[C@@H]32)Nc1c(O)cccc14. The molecule has 1 amide bonds. The van der Waals surface area contributed by atoms with Crippen LogP contribution in [-0.4, -0.2) is 66.9 Å². The normalized spacial score (nSPS) is 31.4. The van der Waals surface area contributed by atoms with Gasteiger partial charge in [0.25, 0.3) is 5.91 Å². The van der Waals surface area contributed by atoms with Gasteiger partial charge in [-0.05, 0) is 42.3 Å². The standard InChI is InChI=1S/C30H29N3O5/c1-3-17-13-33(14-24(36)18-7-8-25-22(11-18)32(2)27(37)16-38-25)10-9-30-21-5-4-6-23(35)28(21)31-29(30)20(15-34)19(17)12-26(30)33/h3-8,11,15,19,26H,9-10,12-14,16H2,1-2H3,(H-,31,34,35)/p+1/b17-3-/t19-,26-,30+,33-/m0/s1. The number of hydrogen-bond donors (Lipinski definition) is 2. The van der Waals surface area contributed by atoms with Crippen LogP contribution >= 0.6 is 0 Å². The van der Waals surface area contributed by atoms with Crippen molar-refractivity contribution in [3.63, 3.8) is 0 Å². The van der Waals surface area contributed by atoms with E-state index in [9.17, 15) is 19.5 Å². The number of aldehydes is 1. The fraction of sp³-hybridized carbons (Fsp3) is 0.367. The number of ketones is 1. The Labute approximate surface area is 220 Å². The van der Waals surface area contributed by atoms with Crippen LogP contribution in [0.15, 0.2) is 59.3 Å². The molecule has 2 N–H and O–H groups in total. The van der Waals surface area contributed by atoms with Gasteiger partial charge in [0, 0.05) is 42.6 Å². The molecule has 2 fully saturated rings. The van der Waals surface area contributed by atoms with Gasteiger partial charge >= 0.3 is 0 Å². The molecule has 4 atom stereocenters. The molecule has 4 heterocycles. The number of fused-ring (bicyclic) bond motifs is 3. The van der Waals surface area contributed by atoms with E-state index in [0.717, 1.165) is 42.5 Å². The maximum Gasteiger partial charge on any atom is 0.264 e. The van der Waals surface area contributed by atoms with Crippen molar-refractivity contribution < 1.29 is 28.7 Å². The summed E-state index contributed by atoms with van der Waals surface area (Å²) in [5.41, 5.74) is 5.32. The number of nitrogens with one attached hydrogen (secondary N) is 1. The lowest BCUT2D eigenvalue weighted by Crippen LogP contribution is -2.64. The number of phenolic OH excluding ortho intramolecular Hbond substituents is 1. The number of piperidine rings is 1. The maximum atomic E-state index is 13.9. The molecule has 0 saturated carbocycles. The van der Waals surface area contributed by atoms with Crippen molar-refractivity contribution >= 4 is 29.4 Å². The van der Waals surface area contributed by atoms with Gasteiger partial charge in [-0.25, -0.2) is 0 Å². The molecule has 1 aliphatic carbocycles. The minimum Gasteiger partial charge on any atom is -0.506 e. The number of quaternary nitrogens is 1. The first-order chi connectivity index (χ1) is 18.3. The predicted octanol–water partition coefficient (Wildman–Crippen LogP) is 3.32. The summed E-state index contributed by atoms with van der Waals surface area (Å²) in [6.07, 6.45) is 4.68. The summed E-state index contributed by atoms with van der Waals surface area (Å²) >= 11 is 0. The number of carbonyl (C=O) groups excluding carboxylic acids is 3. The number of para-hydroxylation sites is 1. The highest BCUT2D eigenvalue weighted by atomic mass is 16.5. The molecular weight excluding hydrogens is 482 g/mol. The third-order valence-electron chi connectivity index (χ3n) is 9.79. The number of ether oxygens (including phenoxy) is 1. The lowest BCUT2D eigenvalue weighted by atomic mass is 9.61. The van der Waals surface area contributed by atoms with Crippen LogP contribution in [0.5, 0.6) is 11.5 Å². The van der Waals surface area contributed by atoms with E-state index in [1.54, 1.807) is 36.2 Å². The van der Waals surface area contributed by atoms with Crippen molar-refractivity contribution in [2.24, 2.45) is 5.92 Å². The molecule has 2 bridgehead atoms. The number of hydrogen-bond acceptors (Lipinski definition) is 6. The number of allylic oxidation sites excluding steroid dienone is 2. The van der Waals surface area contributed by atoms with Gasteiger partial charge in [-0.2, -0.15) is 0 Å². The Morgan fingerprint density at radius 2 is 2.16 bits per heavy atom. The number of rotatable bonds is 4. The second kappa shape index (κ2) is 7.80. The summed E-state index contributed by atoms with van der Waals surface area (Å²) in [5, 5.41) is 14.2. The Morgan fingerprint density at radius 1 is 1.32 bits per heavy atom. The van der Waals surface area contributed by atoms with Crippen LogP contribution in [0.25, 0.3) is 0 Å². The topological polar surface area (TPSA) is 95.9 Å². The molecule has 7 rings (SSSR count). The lowest BCUT2D eigenvalue weighted by molar-refractivity contribution is -0.934. The Hall–Kier alpha value is -3.91. The number of Topliss-reactive ketones (excluding diaryl/α,β-unsaturated/α-hetero) is 1. The average Bonchev–Trinajstić information content (AvgIpc) is 3.45. The predicted molar refractivity (Wildman–Crippen MR) is 141 cm³/mol. The number of anilines is 2. The van der Waals surface area contributed by atoms with E-state index in [1.165, 1.54) is 5.57 Å². The molecule has 0 unspecified atom stereocenters. The fourth-order valence-corrected chi connectivity index (χ4v) is 8.00. The van der Waals surface area contributed by atoms with Crippen molar-refractivity contribution in [2.45, 2.75) is 31.2 Å². The molecule has 2 saturated heterocycles. The number of aromatic hydroxyl groups is 1. The Kier molecular flexibility index (Phi) is 4.77. The second-order valence-electron chi connectivity index (χ2n) is 11.3. The quantitative estimate of drug-likeness (QED) is 0.215. The minimum absolute atomic E-state index is 0.00244. The van der Waals surface area contributed by atoms with E-state index in [1.807, 2.05) is 13.0 Å². The summed E-state index contributed by atoms with van der Waals surface area (Å²) in [4.78, 5) is 40.2. The van der Waals surface area contributed by atoms with Gasteiger partial charge in [-0.3, -0.25) is 14.4 Å². The average molecular weight is 513 g/mol. The van der Waals surface area contributed by atoms with Gasteiger partial charge < -0.3 is 24.5 Å². The minimum atomic E-state index is -0.434. The van der Waals surface area contributed by atoms with Gasteiger partial charge in [0.1, 0.15) is 36.9 Å². The van der Waals surface area contributed by atoms with Crippen LogP contribution in [0.3, 0.4) is 0 Å². The summed E-state index contributed by atoms with van der Waals surface area (Å²) in [7, 11) is 1.70. The van der Waals surface area contributed by atoms with Gasteiger partial charge in [0.2, 0.25) is 5.78 Å². The van der Waals surface area contributed by atoms with Crippen molar-refractivity contribution in [3.8, 4) is 11.5 Å². The molecule has 4 aliphatic heterocycles. The number of benzene rings is 2. The van der Waals surface area contributed by atoms with Crippen molar-refractivity contribution in [2.75, 3.05) is 43.5 Å². The largest absolute Gasteiger partial charge is 0.506 e. The van der Waals surface area contributed by atoms with Crippen LogP contribution in [0.2, 0.25) is 0 Å². The summed E-state index contributed by atoms with van der Waals surface area (Å²) < 4.78 is 6.17. The fourth-order valence-electron chi connectivity index (χ4n) is 8.00. The third-order valence-corrected chi connectivity index (χ3v) is 9.79. The Bertz CT molecular complexity index is 1510. The Morgan fingerprint density at radius 3 is 2.95 bits per heavy atom. The highest BCUT2D eigenvalue weighted by Gasteiger charge is 2.69. The van der Waals surface area contributed by atoms with Crippen molar-refractivity contribution in [1.29, 1.82) is 0 Å². The molecule has 38 heavy (non-hydrogen) atoms. The number of nitrogens with zero attached hydrogens (tertiary/aromatic N) is 2. The van der Waals surface area contributed by atoms with Crippen molar-refractivity contribution in [1.82, 2.24) is 0 Å². The van der Waals surface area contributed by atoms with Gasteiger partial charge in [0.15, 0.2) is 6.61 Å². The number of phenols is 1. The zero-order valence-electron chi connectivity index (χ0n) is 21.5. The van der Waals surface area contributed by atoms with E-state index in [-0.39, 0.29) is 36.0 Å². The van der Waals surface area contributed by atoms with Crippen LogP contribution in [0, 0.1) is 5.92 Å². The third kappa shape index (κ3) is 2.81. The van der Waals surface area contributed by atoms with Crippen LogP contribution in [0.4, 0.5) is 11.4 Å². The molecule has 194 valence electrons. The second-order valence-corrected chi connectivity index (χ2v) is 11.3. The molecule has 8 nitrogen and oxygen atoms in total. The highest BCUT2D eigenvalue weighted by molar-refractivity contribution is 6.02. The van der Waals surface area contributed by atoms with Crippen molar-refractivity contribution in [3.05, 3.63) is 70.4 Å². The molecule has 0 aromatic heterocycles. The van der Waals surface area contributed by atoms with E-state index >= 15 is 0 Å². The molecule has 8 heteroatoms. The zero-order chi connectivity index (χ0) is 26.4. The van der Waals surface area contributed by atoms with E-state index in [0.29, 0.717) is 40.3 Å². The lowest BCUT2D eigenvalue weighted by Gasteiger charge is -2.53. The van der Waals surface area contributed by atoms with Gasteiger partial charge in [-0.15, -0.1) is 0 Å². The van der Waals surface area contributed by atoms with E-state index in [2.05, 4.69) is 17.5 Å². The maximum absolute atomic E-state index is 13.9. The molecule has 2 aromatic carbocycles. The van der Waals surface area contributed by atoms with Gasteiger partial charge in [-0.1, -0.05) is 18.2 Å². The number of amides is 1. The molecular formula is C30H30N3O5+. The molecule has 2 aromatic rings. The van der Waals surface area contributed by atoms with Crippen LogP contribution < -0.4 is 15.0 Å². The van der Waals surface area contributed by atoms with Gasteiger partial charge in [0.05, 0.1) is 23.3 Å². The molecule has 0 radical (unpaired) electrons. The Balaban J connectivity index is 1.33. The first-order valence-corrected chi connectivity index (χ1v) is 13.2. The summed E-state index contributed by atoms with van der Waals surface area (Å²) in [6, 6.07) is 11.0.